The number of para-hydroxylation sites is 1. The molecular formula is C21H29N3O2S. The lowest BCUT2D eigenvalue weighted by atomic mass is 9.93. The van der Waals surface area contributed by atoms with E-state index in [4.69, 9.17) is 16.2 Å². The number of hydrogen-bond acceptors (Lipinski definition) is 6. The van der Waals surface area contributed by atoms with Gasteiger partial charge >= 0.3 is 0 Å². The monoisotopic (exact) mass is 387 g/mol. The Morgan fingerprint density at radius 3 is 2.26 bits per heavy atom. The molecule has 3 aromatic rings. The average Bonchev–Trinajstić information content (AvgIpc) is 3.15. The third-order valence-corrected chi connectivity index (χ3v) is 4.24. The van der Waals surface area contributed by atoms with Gasteiger partial charge in [0.05, 0.1) is 7.11 Å². The Morgan fingerprint density at radius 2 is 1.78 bits per heavy atom. The molecule has 1 heterocycles. The zero-order chi connectivity index (χ0) is 20.1. The van der Waals surface area contributed by atoms with Gasteiger partial charge in [0.2, 0.25) is 0 Å². The predicted molar refractivity (Wildman–Crippen MR) is 114 cm³/mol. The number of nitrogens with two attached hydrogens (primary N) is 2. The van der Waals surface area contributed by atoms with Gasteiger partial charge in [-0.2, -0.15) is 0 Å². The molecule has 5 nitrogen and oxygen atoms in total. The maximum Gasteiger partial charge on any atom is 0.179 e. The normalized spacial score (nSPS) is 10.7. The van der Waals surface area contributed by atoms with Crippen molar-refractivity contribution < 1.29 is 9.84 Å². The topological polar surface area (TPSA) is 94.4 Å². The number of nitrogens with zero attached hydrogens (tertiary/aromatic N) is 1. The lowest BCUT2D eigenvalue weighted by Gasteiger charge is -2.14. The van der Waals surface area contributed by atoms with E-state index in [-0.39, 0.29) is 0 Å². The van der Waals surface area contributed by atoms with E-state index in [9.17, 15) is 5.11 Å². The average molecular weight is 388 g/mol. The number of rotatable bonds is 4. The van der Waals surface area contributed by atoms with Crippen molar-refractivity contribution in [2.45, 2.75) is 26.2 Å². The van der Waals surface area contributed by atoms with Crippen LogP contribution in [-0.4, -0.2) is 23.7 Å². The molecule has 3 rings (SSSR count). The molecule has 0 aliphatic rings. The number of phenols is 1. The molecule has 0 radical (unpaired) electrons. The molecular weight excluding hydrogens is 358 g/mol. The van der Waals surface area contributed by atoms with Crippen LogP contribution in [0.15, 0.2) is 60.1 Å². The summed E-state index contributed by atoms with van der Waals surface area (Å²) in [7, 11) is 1.70. The van der Waals surface area contributed by atoms with Gasteiger partial charge in [-0.25, -0.2) is 4.98 Å². The summed E-state index contributed by atoms with van der Waals surface area (Å²) in [5.74, 6) is 1.63. The second-order valence-electron chi connectivity index (χ2n) is 5.79. The van der Waals surface area contributed by atoms with E-state index in [1.807, 2.05) is 42.6 Å². The minimum Gasteiger partial charge on any atom is -0.508 e. The highest BCUT2D eigenvalue weighted by Gasteiger charge is 2.09. The van der Waals surface area contributed by atoms with Crippen LogP contribution in [0.2, 0.25) is 0 Å². The molecule has 0 bridgehead atoms. The molecule has 0 fully saturated rings. The minimum atomic E-state index is 0.309. The third-order valence-electron chi connectivity index (χ3n) is 3.63. The van der Waals surface area contributed by atoms with Crippen molar-refractivity contribution in [1.29, 1.82) is 0 Å². The number of benzene rings is 2. The first-order valence-electron chi connectivity index (χ1n) is 8.77. The van der Waals surface area contributed by atoms with E-state index < -0.39 is 0 Å². The molecule has 1 aromatic heterocycles. The molecule has 0 aliphatic carbocycles. The molecule has 5 N–H and O–H groups in total. The van der Waals surface area contributed by atoms with E-state index in [0.29, 0.717) is 16.8 Å². The van der Waals surface area contributed by atoms with Crippen molar-refractivity contribution in [2.24, 2.45) is 5.73 Å². The Kier molecular flexibility index (Phi) is 10.6. The standard InChI is InChI=1S/C16H18O2.C3H4N2S.C2H7N/c1-12(13-7-9-15(17)10-8-13)11-14-5-3-4-6-16(14)18-2;4-3-5-1-2-6-3;1-2-3/h3-10,12,17H,11H2,1-2H3;1-2H,(H2,4,5);2-3H2,1H3. The van der Waals surface area contributed by atoms with Crippen molar-refractivity contribution in [1.82, 2.24) is 4.98 Å². The third kappa shape index (κ3) is 8.57. The first kappa shape index (κ1) is 22.5. The van der Waals surface area contributed by atoms with Crippen LogP contribution in [0.3, 0.4) is 0 Å². The van der Waals surface area contributed by atoms with Crippen LogP contribution in [0, 0.1) is 0 Å². The number of anilines is 1. The summed E-state index contributed by atoms with van der Waals surface area (Å²) in [5.41, 5.74) is 12.5. The van der Waals surface area contributed by atoms with Gasteiger partial charge in [0.1, 0.15) is 11.5 Å². The summed E-state index contributed by atoms with van der Waals surface area (Å²) >= 11 is 1.44. The Hall–Kier alpha value is -2.57. The Bertz CT molecular complexity index is 746. The van der Waals surface area contributed by atoms with Gasteiger partial charge in [-0.1, -0.05) is 44.2 Å². The van der Waals surface area contributed by atoms with Gasteiger partial charge in [-0.05, 0) is 48.2 Å². The number of methoxy groups -OCH3 is 1. The van der Waals surface area contributed by atoms with Crippen LogP contribution >= 0.6 is 11.3 Å². The van der Waals surface area contributed by atoms with Gasteiger partial charge in [0.25, 0.3) is 0 Å². The van der Waals surface area contributed by atoms with Crippen LogP contribution < -0.4 is 16.2 Å². The zero-order valence-electron chi connectivity index (χ0n) is 16.1. The number of ether oxygens (including phenoxy) is 1. The van der Waals surface area contributed by atoms with Crippen molar-refractivity contribution in [2.75, 3.05) is 19.4 Å². The molecule has 2 aromatic carbocycles. The number of aromatic hydroxyl groups is 1. The molecule has 0 saturated heterocycles. The van der Waals surface area contributed by atoms with Crippen molar-refractivity contribution in [3.63, 3.8) is 0 Å². The van der Waals surface area contributed by atoms with Gasteiger partial charge in [0.15, 0.2) is 5.13 Å². The summed E-state index contributed by atoms with van der Waals surface area (Å²) in [5, 5.41) is 11.8. The first-order chi connectivity index (χ1) is 13.0. The molecule has 27 heavy (non-hydrogen) atoms. The Labute approximate surface area is 165 Å². The second kappa shape index (κ2) is 12.7. The summed E-state index contributed by atoms with van der Waals surface area (Å²) < 4.78 is 5.36. The van der Waals surface area contributed by atoms with Crippen molar-refractivity contribution in [3.8, 4) is 11.5 Å². The highest BCUT2D eigenvalue weighted by Crippen LogP contribution is 2.26. The van der Waals surface area contributed by atoms with Gasteiger partial charge in [-0.3, -0.25) is 0 Å². The van der Waals surface area contributed by atoms with Crippen LogP contribution in [0.1, 0.15) is 30.9 Å². The number of phenolic OH excluding ortho intramolecular Hbond substituents is 1. The predicted octanol–water partition coefficient (Wildman–Crippen LogP) is 4.44. The molecule has 6 heteroatoms. The molecule has 146 valence electrons. The Morgan fingerprint density at radius 1 is 1.15 bits per heavy atom. The fourth-order valence-electron chi connectivity index (χ4n) is 2.36. The summed E-state index contributed by atoms with van der Waals surface area (Å²) in [6, 6.07) is 15.5. The SMILES string of the molecule is CCN.COc1ccccc1CC(C)c1ccc(O)cc1.Nc1nccs1. The van der Waals surface area contributed by atoms with Crippen LogP contribution in [-0.2, 0) is 6.42 Å². The van der Waals surface area contributed by atoms with E-state index in [0.717, 1.165) is 18.7 Å². The number of nitrogen functional groups attached to an aromatic ring is 1. The van der Waals surface area contributed by atoms with E-state index in [2.05, 4.69) is 18.0 Å². The Balaban J connectivity index is 0.000000335. The van der Waals surface area contributed by atoms with Crippen LogP contribution in [0.5, 0.6) is 11.5 Å². The fraction of sp³-hybridized carbons (Fsp3) is 0.286. The molecule has 0 aliphatic heterocycles. The van der Waals surface area contributed by atoms with Crippen LogP contribution in [0.25, 0.3) is 0 Å². The van der Waals surface area contributed by atoms with Gasteiger partial charge < -0.3 is 21.3 Å². The van der Waals surface area contributed by atoms with Gasteiger partial charge in [0, 0.05) is 11.6 Å². The smallest absolute Gasteiger partial charge is 0.179 e. The van der Waals surface area contributed by atoms with E-state index >= 15 is 0 Å². The lowest BCUT2D eigenvalue weighted by molar-refractivity contribution is 0.408. The molecule has 0 amide bonds. The quantitative estimate of drug-likeness (QED) is 0.615. The highest BCUT2D eigenvalue weighted by atomic mass is 32.1. The number of hydrogen-bond donors (Lipinski definition) is 3. The number of thiazole rings is 1. The maximum absolute atomic E-state index is 9.29. The van der Waals surface area contributed by atoms with E-state index in [1.54, 1.807) is 25.4 Å². The highest BCUT2D eigenvalue weighted by molar-refractivity contribution is 7.13. The second-order valence-corrected chi connectivity index (χ2v) is 6.71. The van der Waals surface area contributed by atoms with Crippen molar-refractivity contribution in [3.05, 3.63) is 71.2 Å². The van der Waals surface area contributed by atoms with Crippen molar-refractivity contribution >= 4 is 16.5 Å². The number of aromatic nitrogens is 1. The fourth-order valence-corrected chi connectivity index (χ4v) is 2.74. The van der Waals surface area contributed by atoms with Crippen LogP contribution in [0.4, 0.5) is 5.13 Å². The molecule has 1 unspecified atom stereocenters. The molecule has 0 saturated carbocycles. The lowest BCUT2D eigenvalue weighted by Crippen LogP contribution is -2.00. The zero-order valence-corrected chi connectivity index (χ0v) is 16.9. The maximum atomic E-state index is 9.29. The summed E-state index contributed by atoms with van der Waals surface area (Å²) in [4.78, 5) is 3.71. The van der Waals surface area contributed by atoms with Gasteiger partial charge in [-0.15, -0.1) is 11.3 Å². The minimum absolute atomic E-state index is 0.309. The summed E-state index contributed by atoms with van der Waals surface area (Å²) in [6.07, 6.45) is 2.61. The molecule has 0 spiro atoms. The summed E-state index contributed by atoms with van der Waals surface area (Å²) in [6.45, 7) is 4.83. The first-order valence-corrected chi connectivity index (χ1v) is 9.65. The molecule has 1 atom stereocenters. The van der Waals surface area contributed by atoms with E-state index in [1.165, 1.54) is 22.5 Å². The largest absolute Gasteiger partial charge is 0.508 e.